The zero-order chi connectivity index (χ0) is 14.7. The van der Waals surface area contributed by atoms with Crippen molar-refractivity contribution in [1.82, 2.24) is 10.2 Å². The summed E-state index contributed by atoms with van der Waals surface area (Å²) < 4.78 is 0. The molecule has 0 aliphatic carbocycles. The van der Waals surface area contributed by atoms with Crippen LogP contribution < -0.4 is 16.2 Å². The van der Waals surface area contributed by atoms with Crippen LogP contribution in [0.1, 0.15) is 25.7 Å². The van der Waals surface area contributed by atoms with Crippen molar-refractivity contribution in [2.45, 2.75) is 25.7 Å². The van der Waals surface area contributed by atoms with E-state index in [4.69, 9.17) is 5.73 Å². The van der Waals surface area contributed by atoms with Crippen LogP contribution in [0.15, 0.2) is 35.1 Å². The van der Waals surface area contributed by atoms with E-state index in [-0.39, 0.29) is 5.56 Å². The first-order chi connectivity index (χ1) is 10.2. The Morgan fingerprint density at radius 1 is 1.05 bits per heavy atom. The maximum atomic E-state index is 11.1. The van der Waals surface area contributed by atoms with Gasteiger partial charge in [0.1, 0.15) is 0 Å². The number of benzene rings is 1. The molecule has 110 valence electrons. The second kappa shape index (κ2) is 5.99. The molecule has 1 aromatic carbocycles. The Bertz CT molecular complexity index is 652. The summed E-state index contributed by atoms with van der Waals surface area (Å²) in [6.45, 7) is 2.14. The van der Waals surface area contributed by atoms with E-state index in [1.54, 1.807) is 6.07 Å². The molecule has 0 atom stereocenters. The Balaban J connectivity index is 1.88. The van der Waals surface area contributed by atoms with E-state index in [1.165, 1.54) is 31.7 Å². The van der Waals surface area contributed by atoms with Gasteiger partial charge in [-0.25, -0.2) is 5.10 Å². The summed E-state index contributed by atoms with van der Waals surface area (Å²) in [6.07, 6.45) is 5.05. The minimum absolute atomic E-state index is 0.201. The lowest BCUT2D eigenvalue weighted by molar-refractivity contribution is 0.726. The predicted molar refractivity (Wildman–Crippen MR) is 85.4 cm³/mol. The van der Waals surface area contributed by atoms with Crippen LogP contribution in [0.25, 0.3) is 11.3 Å². The number of nitrogens with one attached hydrogen (secondary N) is 1. The summed E-state index contributed by atoms with van der Waals surface area (Å²) >= 11 is 0. The lowest BCUT2D eigenvalue weighted by Gasteiger charge is -2.24. The molecule has 5 nitrogen and oxygen atoms in total. The fraction of sp³-hybridized carbons (Fsp3) is 0.375. The summed E-state index contributed by atoms with van der Waals surface area (Å²) in [7, 11) is 0. The van der Waals surface area contributed by atoms with Gasteiger partial charge in [0.05, 0.1) is 17.1 Å². The first-order valence-corrected chi connectivity index (χ1v) is 7.44. The minimum Gasteiger partial charge on any atom is -0.397 e. The van der Waals surface area contributed by atoms with Gasteiger partial charge in [-0.1, -0.05) is 18.9 Å². The molecule has 3 rings (SSSR count). The lowest BCUT2D eigenvalue weighted by Crippen LogP contribution is -2.24. The van der Waals surface area contributed by atoms with Gasteiger partial charge < -0.3 is 10.6 Å². The second-order valence-electron chi connectivity index (χ2n) is 5.48. The smallest absolute Gasteiger partial charge is 0.264 e. The topological polar surface area (TPSA) is 75.0 Å². The molecule has 3 N–H and O–H groups in total. The van der Waals surface area contributed by atoms with Gasteiger partial charge in [0.15, 0.2) is 0 Å². The number of hydrogen-bond acceptors (Lipinski definition) is 4. The highest BCUT2D eigenvalue weighted by atomic mass is 16.1. The molecule has 1 aromatic heterocycles. The van der Waals surface area contributed by atoms with Crippen molar-refractivity contribution in [2.24, 2.45) is 0 Å². The Labute approximate surface area is 123 Å². The third kappa shape index (κ3) is 3.07. The Hall–Kier alpha value is -2.30. The fourth-order valence-corrected chi connectivity index (χ4v) is 2.82. The third-order valence-corrected chi connectivity index (χ3v) is 3.95. The van der Waals surface area contributed by atoms with E-state index in [1.807, 2.05) is 12.1 Å². The van der Waals surface area contributed by atoms with Gasteiger partial charge in [-0.3, -0.25) is 4.79 Å². The number of nitrogen functional groups attached to an aromatic ring is 1. The molecule has 1 aliphatic heterocycles. The molecular weight excluding hydrogens is 264 g/mol. The van der Waals surface area contributed by atoms with Gasteiger partial charge in [-0.15, -0.1) is 0 Å². The average molecular weight is 284 g/mol. The number of aromatic nitrogens is 2. The molecular formula is C16H20N4O. The molecule has 2 aromatic rings. The first-order valence-electron chi connectivity index (χ1n) is 7.44. The number of nitrogens with zero attached hydrogens (tertiary/aromatic N) is 2. The Kier molecular flexibility index (Phi) is 3.90. The summed E-state index contributed by atoms with van der Waals surface area (Å²) in [5, 5.41) is 6.49. The Morgan fingerprint density at radius 2 is 1.81 bits per heavy atom. The van der Waals surface area contributed by atoms with Crippen molar-refractivity contribution in [3.8, 4) is 11.3 Å². The molecule has 0 unspecified atom stereocenters. The van der Waals surface area contributed by atoms with Gasteiger partial charge >= 0.3 is 0 Å². The third-order valence-electron chi connectivity index (χ3n) is 3.95. The molecule has 0 radical (unpaired) electrons. The van der Waals surface area contributed by atoms with Crippen LogP contribution in [0.5, 0.6) is 0 Å². The van der Waals surface area contributed by atoms with Crippen molar-refractivity contribution < 1.29 is 0 Å². The van der Waals surface area contributed by atoms with E-state index >= 15 is 0 Å². The molecule has 1 saturated heterocycles. The molecule has 5 heteroatoms. The zero-order valence-electron chi connectivity index (χ0n) is 12.0. The maximum absolute atomic E-state index is 11.1. The van der Waals surface area contributed by atoms with Crippen molar-refractivity contribution in [3.63, 3.8) is 0 Å². The number of H-pyrrole nitrogens is 1. The molecule has 2 heterocycles. The Morgan fingerprint density at radius 3 is 2.43 bits per heavy atom. The largest absolute Gasteiger partial charge is 0.397 e. The van der Waals surface area contributed by atoms with E-state index in [0.29, 0.717) is 0 Å². The number of aromatic amines is 1. The highest BCUT2D eigenvalue weighted by Gasteiger charge is 2.13. The molecule has 1 fully saturated rings. The first kappa shape index (κ1) is 13.7. The molecule has 0 amide bonds. The highest BCUT2D eigenvalue weighted by molar-refractivity contribution is 5.75. The molecule has 0 saturated carbocycles. The van der Waals surface area contributed by atoms with E-state index in [2.05, 4.69) is 21.2 Å². The number of hydrogen-bond donors (Lipinski definition) is 2. The number of rotatable bonds is 2. The molecule has 21 heavy (non-hydrogen) atoms. The molecule has 0 spiro atoms. The number of nitrogens with two attached hydrogens (primary N) is 1. The van der Waals surface area contributed by atoms with Crippen molar-refractivity contribution in [3.05, 3.63) is 40.7 Å². The van der Waals surface area contributed by atoms with Crippen LogP contribution in [0.2, 0.25) is 0 Å². The lowest BCUT2D eigenvalue weighted by atomic mass is 10.1. The van der Waals surface area contributed by atoms with E-state index in [9.17, 15) is 4.79 Å². The standard InChI is InChI=1S/C16H20N4O/c17-13-11-12(14-6-8-16(21)19-18-14)5-7-15(13)20-9-3-1-2-4-10-20/h5-8,11H,1-4,9-10,17H2,(H,19,21). The maximum Gasteiger partial charge on any atom is 0.264 e. The predicted octanol–water partition coefficient (Wildman–Crippen LogP) is 2.40. The summed E-state index contributed by atoms with van der Waals surface area (Å²) in [5.74, 6) is 0. The SMILES string of the molecule is Nc1cc(-c2ccc(=O)[nH]n2)ccc1N1CCCCCC1. The van der Waals surface area contributed by atoms with Crippen molar-refractivity contribution in [1.29, 1.82) is 0 Å². The van der Waals surface area contributed by atoms with Gasteiger partial charge in [0.2, 0.25) is 0 Å². The minimum atomic E-state index is -0.201. The van der Waals surface area contributed by atoms with Crippen LogP contribution in [-0.4, -0.2) is 23.3 Å². The second-order valence-corrected chi connectivity index (χ2v) is 5.48. The molecule has 1 aliphatic rings. The van der Waals surface area contributed by atoms with Gasteiger partial charge in [-0.2, -0.15) is 5.10 Å². The van der Waals surface area contributed by atoms with Crippen molar-refractivity contribution in [2.75, 3.05) is 23.7 Å². The monoisotopic (exact) mass is 284 g/mol. The van der Waals surface area contributed by atoms with Crippen LogP contribution in [-0.2, 0) is 0 Å². The van der Waals surface area contributed by atoms with Gasteiger partial charge in [0, 0.05) is 24.7 Å². The summed E-state index contributed by atoms with van der Waals surface area (Å²) in [4.78, 5) is 13.4. The van der Waals surface area contributed by atoms with Crippen molar-refractivity contribution >= 4 is 11.4 Å². The summed E-state index contributed by atoms with van der Waals surface area (Å²) in [6, 6.07) is 9.18. The average Bonchev–Trinajstić information content (AvgIpc) is 2.77. The highest BCUT2D eigenvalue weighted by Crippen LogP contribution is 2.29. The molecule has 0 bridgehead atoms. The van der Waals surface area contributed by atoms with Crippen LogP contribution in [0, 0.1) is 0 Å². The van der Waals surface area contributed by atoms with Crippen LogP contribution in [0.3, 0.4) is 0 Å². The van der Waals surface area contributed by atoms with E-state index < -0.39 is 0 Å². The van der Waals surface area contributed by atoms with Gasteiger partial charge in [0.25, 0.3) is 5.56 Å². The quantitative estimate of drug-likeness (QED) is 0.830. The fourth-order valence-electron chi connectivity index (χ4n) is 2.82. The normalized spacial score (nSPS) is 15.7. The number of anilines is 2. The van der Waals surface area contributed by atoms with Crippen LogP contribution >= 0.6 is 0 Å². The van der Waals surface area contributed by atoms with Crippen LogP contribution in [0.4, 0.5) is 11.4 Å². The van der Waals surface area contributed by atoms with Gasteiger partial charge in [-0.05, 0) is 31.0 Å². The zero-order valence-corrected chi connectivity index (χ0v) is 12.0. The summed E-state index contributed by atoms with van der Waals surface area (Å²) in [5.41, 5.74) is 9.54. The van der Waals surface area contributed by atoms with E-state index in [0.717, 1.165) is 35.7 Å².